The van der Waals surface area contributed by atoms with Crippen LogP contribution in [-0.4, -0.2) is 47.4 Å². The van der Waals surface area contributed by atoms with Crippen LogP contribution in [0.25, 0.3) is 0 Å². The van der Waals surface area contributed by atoms with Gasteiger partial charge in [-0.1, -0.05) is 44.9 Å². The molecule has 26 heavy (non-hydrogen) atoms. The second-order valence-corrected chi connectivity index (χ2v) is 6.52. The highest BCUT2D eigenvalue weighted by Gasteiger charge is 2.20. The minimum atomic E-state index is -0.652. The second-order valence-electron chi connectivity index (χ2n) is 6.52. The van der Waals surface area contributed by atoms with Gasteiger partial charge in [-0.2, -0.15) is 0 Å². The van der Waals surface area contributed by atoms with Gasteiger partial charge in [-0.25, -0.2) is 0 Å². The number of nitrogens with zero attached hydrogens (tertiary/aromatic N) is 1. The Balaban J connectivity index is 2.40. The van der Waals surface area contributed by atoms with E-state index in [1.165, 1.54) is 0 Å². The molecule has 144 valence electrons. The lowest BCUT2D eigenvalue weighted by Gasteiger charge is -2.21. The van der Waals surface area contributed by atoms with E-state index in [1.54, 1.807) is 12.1 Å². The Kier molecular flexibility index (Phi) is 10.2. The van der Waals surface area contributed by atoms with Crippen molar-refractivity contribution in [3.05, 3.63) is 35.9 Å². The van der Waals surface area contributed by atoms with Gasteiger partial charge >= 0.3 is 0 Å². The van der Waals surface area contributed by atoms with Gasteiger partial charge in [0.25, 0.3) is 11.8 Å². The number of unbranched alkanes of at least 4 members (excludes halogenated alkanes) is 2. The molecule has 0 radical (unpaired) electrons. The molecule has 0 aliphatic rings. The van der Waals surface area contributed by atoms with Gasteiger partial charge in [0.1, 0.15) is 6.61 Å². The first-order valence-electron chi connectivity index (χ1n) is 9.26. The smallest absolute Gasteiger partial charge is 0.254 e. The molecule has 1 aromatic carbocycles. The highest BCUT2D eigenvalue weighted by atomic mass is 16.3. The van der Waals surface area contributed by atoms with Crippen LogP contribution in [0.5, 0.6) is 0 Å². The van der Waals surface area contributed by atoms with E-state index < -0.39 is 12.5 Å². The van der Waals surface area contributed by atoms with Crippen molar-refractivity contribution in [1.29, 1.82) is 0 Å². The Bertz CT molecular complexity index is 574. The standard InChI is InChI=1S/C20H30N2O4/c1-3-4-8-13-22(19(25)15-23)18(24)12-11-16(2)14-21-20(26)17-9-6-5-7-10-17/h5-7,9-10,16,23H,3-4,8,11-15H2,1-2H3,(H,21,26). The fourth-order valence-electron chi connectivity index (χ4n) is 2.56. The van der Waals surface area contributed by atoms with Crippen molar-refractivity contribution < 1.29 is 19.5 Å². The molecular weight excluding hydrogens is 332 g/mol. The van der Waals surface area contributed by atoms with E-state index in [4.69, 9.17) is 5.11 Å². The molecule has 0 aliphatic heterocycles. The molecule has 0 bridgehead atoms. The Morgan fingerprint density at radius 2 is 1.81 bits per heavy atom. The molecule has 6 nitrogen and oxygen atoms in total. The molecule has 6 heteroatoms. The Labute approximate surface area is 155 Å². The summed E-state index contributed by atoms with van der Waals surface area (Å²) < 4.78 is 0. The van der Waals surface area contributed by atoms with Gasteiger partial charge in [-0.05, 0) is 30.9 Å². The van der Waals surface area contributed by atoms with E-state index in [0.29, 0.717) is 25.1 Å². The third-order valence-corrected chi connectivity index (χ3v) is 4.22. The number of benzene rings is 1. The summed E-state index contributed by atoms with van der Waals surface area (Å²) >= 11 is 0. The fourth-order valence-corrected chi connectivity index (χ4v) is 2.56. The van der Waals surface area contributed by atoms with Gasteiger partial charge in [0.2, 0.25) is 5.91 Å². The largest absolute Gasteiger partial charge is 0.387 e. The zero-order chi connectivity index (χ0) is 19.4. The average molecular weight is 362 g/mol. The summed E-state index contributed by atoms with van der Waals surface area (Å²) in [6, 6.07) is 8.96. The van der Waals surface area contributed by atoms with E-state index >= 15 is 0 Å². The summed E-state index contributed by atoms with van der Waals surface area (Å²) in [6.45, 7) is 4.16. The third-order valence-electron chi connectivity index (χ3n) is 4.22. The molecule has 1 rings (SSSR count). The number of aliphatic hydroxyl groups excluding tert-OH is 1. The van der Waals surface area contributed by atoms with E-state index in [9.17, 15) is 14.4 Å². The molecular formula is C20H30N2O4. The maximum atomic E-state index is 12.3. The topological polar surface area (TPSA) is 86.7 Å². The van der Waals surface area contributed by atoms with Crippen LogP contribution in [0.3, 0.4) is 0 Å². The molecule has 0 saturated heterocycles. The van der Waals surface area contributed by atoms with Crippen molar-refractivity contribution in [2.75, 3.05) is 19.7 Å². The molecule has 2 N–H and O–H groups in total. The summed E-state index contributed by atoms with van der Waals surface area (Å²) in [7, 11) is 0. The molecule has 1 atom stereocenters. The Morgan fingerprint density at radius 1 is 1.12 bits per heavy atom. The fraction of sp³-hybridized carbons (Fsp3) is 0.550. The lowest BCUT2D eigenvalue weighted by atomic mass is 10.0. The quantitative estimate of drug-likeness (QED) is 0.592. The molecule has 3 amide bonds. The zero-order valence-electron chi connectivity index (χ0n) is 15.7. The molecule has 0 heterocycles. The maximum absolute atomic E-state index is 12.3. The van der Waals surface area contributed by atoms with Crippen LogP contribution in [0.15, 0.2) is 30.3 Å². The van der Waals surface area contributed by atoms with Crippen molar-refractivity contribution in [2.45, 2.75) is 46.0 Å². The van der Waals surface area contributed by atoms with Crippen LogP contribution in [0.2, 0.25) is 0 Å². The van der Waals surface area contributed by atoms with Crippen molar-refractivity contribution >= 4 is 17.7 Å². The molecule has 1 unspecified atom stereocenters. The number of hydrogen-bond donors (Lipinski definition) is 2. The van der Waals surface area contributed by atoms with E-state index in [2.05, 4.69) is 5.32 Å². The molecule has 0 spiro atoms. The number of nitrogens with one attached hydrogen (secondary N) is 1. The number of carbonyl (C=O) groups excluding carboxylic acids is 3. The molecule has 0 fully saturated rings. The summed E-state index contributed by atoms with van der Waals surface area (Å²) in [6.07, 6.45) is 3.46. The van der Waals surface area contributed by atoms with Gasteiger partial charge in [0.05, 0.1) is 0 Å². The van der Waals surface area contributed by atoms with Gasteiger partial charge in [-0.3, -0.25) is 19.3 Å². The maximum Gasteiger partial charge on any atom is 0.254 e. The lowest BCUT2D eigenvalue weighted by molar-refractivity contribution is -0.146. The highest BCUT2D eigenvalue weighted by Crippen LogP contribution is 2.09. The molecule has 0 aromatic heterocycles. The number of hydrogen-bond acceptors (Lipinski definition) is 4. The van der Waals surface area contributed by atoms with E-state index in [-0.39, 0.29) is 24.2 Å². The normalized spacial score (nSPS) is 11.7. The Hall–Kier alpha value is -2.21. The number of carbonyl (C=O) groups is 3. The van der Waals surface area contributed by atoms with Gasteiger partial charge in [0.15, 0.2) is 0 Å². The summed E-state index contributed by atoms with van der Waals surface area (Å²) in [5.41, 5.74) is 0.603. The summed E-state index contributed by atoms with van der Waals surface area (Å²) in [4.78, 5) is 37.2. The summed E-state index contributed by atoms with van der Waals surface area (Å²) in [5, 5.41) is 11.9. The van der Waals surface area contributed by atoms with Gasteiger partial charge in [0, 0.05) is 25.1 Å². The number of rotatable bonds is 11. The first kappa shape index (κ1) is 21.8. The number of amides is 3. The minimum Gasteiger partial charge on any atom is -0.387 e. The van der Waals surface area contributed by atoms with Crippen molar-refractivity contribution in [3.63, 3.8) is 0 Å². The predicted octanol–water partition coefficient (Wildman–Crippen LogP) is 2.37. The SMILES string of the molecule is CCCCCN(C(=O)CO)C(=O)CCC(C)CNC(=O)c1ccccc1. The second kappa shape index (κ2) is 12.2. The van der Waals surface area contributed by atoms with Crippen LogP contribution >= 0.6 is 0 Å². The van der Waals surface area contributed by atoms with E-state index in [0.717, 1.165) is 24.2 Å². The van der Waals surface area contributed by atoms with Crippen molar-refractivity contribution in [2.24, 2.45) is 5.92 Å². The number of aliphatic hydroxyl groups is 1. The highest BCUT2D eigenvalue weighted by molar-refractivity contribution is 5.96. The molecule has 0 saturated carbocycles. The third kappa shape index (κ3) is 7.78. The minimum absolute atomic E-state index is 0.105. The number of imide groups is 1. The monoisotopic (exact) mass is 362 g/mol. The van der Waals surface area contributed by atoms with Gasteiger partial charge < -0.3 is 10.4 Å². The van der Waals surface area contributed by atoms with Crippen molar-refractivity contribution in [1.82, 2.24) is 10.2 Å². The van der Waals surface area contributed by atoms with Crippen LogP contribution in [-0.2, 0) is 9.59 Å². The van der Waals surface area contributed by atoms with Gasteiger partial charge in [-0.15, -0.1) is 0 Å². The van der Waals surface area contributed by atoms with Crippen LogP contribution in [0.1, 0.15) is 56.3 Å². The van der Waals surface area contributed by atoms with Crippen LogP contribution in [0.4, 0.5) is 0 Å². The van der Waals surface area contributed by atoms with Crippen LogP contribution in [0, 0.1) is 5.92 Å². The molecule has 0 aliphatic carbocycles. The average Bonchev–Trinajstić information content (AvgIpc) is 2.67. The first-order chi connectivity index (χ1) is 12.5. The van der Waals surface area contributed by atoms with E-state index in [1.807, 2.05) is 32.0 Å². The Morgan fingerprint density at radius 3 is 2.42 bits per heavy atom. The summed E-state index contributed by atoms with van der Waals surface area (Å²) in [5.74, 6) is -0.841. The van der Waals surface area contributed by atoms with Crippen molar-refractivity contribution in [3.8, 4) is 0 Å². The van der Waals surface area contributed by atoms with Crippen LogP contribution < -0.4 is 5.32 Å². The predicted molar refractivity (Wildman–Crippen MR) is 101 cm³/mol. The lowest BCUT2D eigenvalue weighted by Crippen LogP contribution is -2.39. The zero-order valence-corrected chi connectivity index (χ0v) is 15.7. The first-order valence-corrected chi connectivity index (χ1v) is 9.26. The molecule has 1 aromatic rings.